The number of hydrogen-bond donors (Lipinski definition) is 1. The van der Waals surface area contributed by atoms with Crippen LogP contribution >= 0.6 is 11.8 Å². The molecule has 2 bridgehead atoms. The molecule has 3 aliphatic rings. The highest BCUT2D eigenvalue weighted by molar-refractivity contribution is 7.99. The van der Waals surface area contributed by atoms with Crippen molar-refractivity contribution in [2.75, 3.05) is 31.1 Å². The first-order chi connectivity index (χ1) is 8.83. The Morgan fingerprint density at radius 2 is 2.17 bits per heavy atom. The van der Waals surface area contributed by atoms with Gasteiger partial charge in [-0.1, -0.05) is 0 Å². The Morgan fingerprint density at radius 1 is 1.33 bits per heavy atom. The van der Waals surface area contributed by atoms with Gasteiger partial charge < -0.3 is 15.4 Å². The number of hydrogen-bond acceptors (Lipinski definition) is 3. The van der Waals surface area contributed by atoms with Crippen LogP contribution in [0.4, 0.5) is 0 Å². The number of rotatable bonds is 3. The Labute approximate surface area is 113 Å². The Bertz CT molecular complexity index is 317. The van der Waals surface area contributed by atoms with Gasteiger partial charge in [-0.3, -0.25) is 4.99 Å². The summed E-state index contributed by atoms with van der Waals surface area (Å²) in [7, 11) is 0. The van der Waals surface area contributed by atoms with E-state index in [1.54, 1.807) is 0 Å². The summed E-state index contributed by atoms with van der Waals surface area (Å²) >= 11 is 2.00. The van der Waals surface area contributed by atoms with Gasteiger partial charge in [0.25, 0.3) is 0 Å². The van der Waals surface area contributed by atoms with E-state index < -0.39 is 0 Å². The van der Waals surface area contributed by atoms with Crippen LogP contribution in [0.3, 0.4) is 0 Å². The number of nitrogens with zero attached hydrogens (tertiary/aromatic N) is 2. The van der Waals surface area contributed by atoms with E-state index in [1.165, 1.54) is 30.8 Å². The Morgan fingerprint density at radius 3 is 2.83 bits per heavy atom. The van der Waals surface area contributed by atoms with E-state index in [2.05, 4.69) is 9.89 Å². The second-order valence-electron chi connectivity index (χ2n) is 5.50. The summed E-state index contributed by atoms with van der Waals surface area (Å²) in [4.78, 5) is 6.77. The number of aliphatic imine (C=N–C) groups is 1. The summed E-state index contributed by atoms with van der Waals surface area (Å²) in [6, 6.07) is 0. The van der Waals surface area contributed by atoms with Gasteiger partial charge in [0.15, 0.2) is 5.96 Å². The lowest BCUT2D eigenvalue weighted by molar-refractivity contribution is 0.0916. The highest BCUT2D eigenvalue weighted by Crippen LogP contribution is 2.40. The average molecular weight is 269 g/mol. The summed E-state index contributed by atoms with van der Waals surface area (Å²) in [6.07, 6.45) is 6.01. The van der Waals surface area contributed by atoms with Gasteiger partial charge in [0.05, 0.1) is 12.2 Å². The van der Waals surface area contributed by atoms with Crippen molar-refractivity contribution in [3.63, 3.8) is 0 Å². The number of nitrogens with two attached hydrogens (primary N) is 1. The van der Waals surface area contributed by atoms with Crippen LogP contribution in [0.5, 0.6) is 0 Å². The van der Waals surface area contributed by atoms with Crippen LogP contribution in [0.25, 0.3) is 0 Å². The molecule has 0 amide bonds. The van der Waals surface area contributed by atoms with Crippen LogP contribution in [0.1, 0.15) is 25.7 Å². The van der Waals surface area contributed by atoms with Crippen molar-refractivity contribution in [2.24, 2.45) is 16.6 Å². The molecule has 18 heavy (non-hydrogen) atoms. The number of thioether (sulfide) groups is 1. The summed E-state index contributed by atoms with van der Waals surface area (Å²) in [6.45, 7) is 2.97. The van der Waals surface area contributed by atoms with E-state index in [1.807, 2.05) is 11.8 Å². The van der Waals surface area contributed by atoms with Crippen molar-refractivity contribution in [1.29, 1.82) is 0 Å². The predicted molar refractivity (Wildman–Crippen MR) is 76.0 cm³/mol. The molecule has 4 nitrogen and oxygen atoms in total. The molecule has 0 saturated carbocycles. The summed E-state index contributed by atoms with van der Waals surface area (Å²) < 4.78 is 5.87. The fraction of sp³-hybridized carbons (Fsp3) is 0.923. The van der Waals surface area contributed by atoms with E-state index in [0.29, 0.717) is 12.2 Å². The minimum atomic E-state index is 0.526. The van der Waals surface area contributed by atoms with Crippen LogP contribution < -0.4 is 5.73 Å². The molecule has 0 aromatic heterocycles. The maximum atomic E-state index is 6.04. The molecular formula is C13H23N3OS. The minimum Gasteiger partial charge on any atom is -0.375 e. The molecule has 0 spiro atoms. The number of ether oxygens (including phenoxy) is 1. The third kappa shape index (κ3) is 2.77. The SMILES string of the molecule is NC(=NCCC1CC2CCC1O2)N1CCSCC1. The van der Waals surface area contributed by atoms with Gasteiger partial charge in [-0.2, -0.15) is 11.8 Å². The van der Waals surface area contributed by atoms with Crippen molar-refractivity contribution >= 4 is 17.7 Å². The van der Waals surface area contributed by atoms with Crippen LogP contribution in [-0.4, -0.2) is 54.2 Å². The third-order valence-corrected chi connectivity index (χ3v) is 5.28. The number of guanidine groups is 1. The molecule has 3 rings (SSSR count). The molecule has 0 radical (unpaired) electrons. The lowest BCUT2D eigenvalue weighted by atomic mass is 9.87. The first-order valence-corrected chi connectivity index (χ1v) is 8.26. The average Bonchev–Trinajstić information content (AvgIpc) is 3.02. The maximum absolute atomic E-state index is 6.04. The van der Waals surface area contributed by atoms with Gasteiger partial charge in [-0.15, -0.1) is 0 Å². The van der Waals surface area contributed by atoms with Crippen molar-refractivity contribution < 1.29 is 4.74 Å². The highest BCUT2D eigenvalue weighted by Gasteiger charge is 2.40. The predicted octanol–water partition coefficient (Wildman–Crippen LogP) is 1.31. The molecule has 3 fully saturated rings. The molecule has 0 aromatic carbocycles. The first kappa shape index (κ1) is 12.6. The van der Waals surface area contributed by atoms with Gasteiger partial charge in [0.1, 0.15) is 0 Å². The van der Waals surface area contributed by atoms with Gasteiger partial charge in [0, 0.05) is 31.1 Å². The zero-order valence-corrected chi connectivity index (χ0v) is 11.7. The molecule has 3 heterocycles. The second kappa shape index (κ2) is 5.70. The normalized spacial score (nSPS) is 36.3. The summed E-state index contributed by atoms with van der Waals surface area (Å²) in [5.74, 6) is 3.84. The van der Waals surface area contributed by atoms with Gasteiger partial charge in [0.2, 0.25) is 0 Å². The van der Waals surface area contributed by atoms with Crippen LogP contribution in [0.15, 0.2) is 4.99 Å². The largest absolute Gasteiger partial charge is 0.375 e. The lowest BCUT2D eigenvalue weighted by Gasteiger charge is -2.27. The van der Waals surface area contributed by atoms with Gasteiger partial charge >= 0.3 is 0 Å². The molecule has 0 aliphatic carbocycles. The minimum absolute atomic E-state index is 0.526. The molecule has 3 saturated heterocycles. The summed E-state index contributed by atoms with van der Waals surface area (Å²) in [5.41, 5.74) is 6.04. The quantitative estimate of drug-likeness (QED) is 0.620. The smallest absolute Gasteiger partial charge is 0.191 e. The monoisotopic (exact) mass is 269 g/mol. The fourth-order valence-electron chi connectivity index (χ4n) is 3.28. The Hall–Kier alpha value is -0.420. The topological polar surface area (TPSA) is 50.9 Å². The first-order valence-electron chi connectivity index (χ1n) is 7.11. The molecule has 3 atom stereocenters. The molecule has 102 valence electrons. The van der Waals surface area contributed by atoms with E-state index in [-0.39, 0.29) is 0 Å². The summed E-state index contributed by atoms with van der Waals surface area (Å²) in [5, 5.41) is 0. The molecule has 2 N–H and O–H groups in total. The highest BCUT2D eigenvalue weighted by atomic mass is 32.2. The maximum Gasteiger partial charge on any atom is 0.191 e. The zero-order chi connectivity index (χ0) is 12.4. The van der Waals surface area contributed by atoms with Crippen molar-refractivity contribution in [3.8, 4) is 0 Å². The van der Waals surface area contributed by atoms with E-state index in [0.717, 1.165) is 37.9 Å². The van der Waals surface area contributed by atoms with Crippen molar-refractivity contribution in [2.45, 2.75) is 37.9 Å². The lowest BCUT2D eigenvalue weighted by Crippen LogP contribution is -2.42. The van der Waals surface area contributed by atoms with Crippen LogP contribution in [0.2, 0.25) is 0 Å². The molecule has 0 aromatic rings. The fourth-order valence-corrected chi connectivity index (χ4v) is 4.19. The van der Waals surface area contributed by atoms with E-state index in [4.69, 9.17) is 10.5 Å². The van der Waals surface area contributed by atoms with E-state index >= 15 is 0 Å². The standard InChI is InChI=1S/C13H23N3OS/c14-13(16-5-7-18-8-6-16)15-4-3-10-9-11-1-2-12(10)17-11/h10-12H,1-9H2,(H2,14,15). The molecule has 5 heteroatoms. The Kier molecular flexibility index (Phi) is 3.99. The molecule has 3 aliphatic heterocycles. The third-order valence-electron chi connectivity index (χ3n) is 4.34. The Balaban J connectivity index is 1.42. The van der Waals surface area contributed by atoms with Crippen molar-refractivity contribution in [1.82, 2.24) is 4.90 Å². The van der Waals surface area contributed by atoms with Crippen LogP contribution in [-0.2, 0) is 4.74 Å². The van der Waals surface area contributed by atoms with Crippen LogP contribution in [0, 0.1) is 5.92 Å². The van der Waals surface area contributed by atoms with Gasteiger partial charge in [-0.05, 0) is 31.6 Å². The van der Waals surface area contributed by atoms with E-state index in [9.17, 15) is 0 Å². The zero-order valence-electron chi connectivity index (χ0n) is 10.9. The van der Waals surface area contributed by atoms with Gasteiger partial charge in [-0.25, -0.2) is 0 Å². The van der Waals surface area contributed by atoms with Crippen molar-refractivity contribution in [3.05, 3.63) is 0 Å². The molecular weight excluding hydrogens is 246 g/mol. The number of fused-ring (bicyclic) bond motifs is 2. The molecule has 3 unspecified atom stereocenters. The second-order valence-corrected chi connectivity index (χ2v) is 6.72.